The number of halogens is 1. The Morgan fingerprint density at radius 1 is 1.36 bits per heavy atom. The number of anilines is 1. The molecule has 0 unspecified atom stereocenters. The van der Waals surface area contributed by atoms with Gasteiger partial charge in [-0.25, -0.2) is 9.37 Å². The molecule has 1 N–H and O–H groups in total. The Labute approximate surface area is 167 Å². The topological polar surface area (TPSA) is 88.3 Å². The van der Waals surface area contributed by atoms with E-state index in [2.05, 4.69) is 15.5 Å². The van der Waals surface area contributed by atoms with Crippen molar-refractivity contribution in [1.82, 2.24) is 15.0 Å². The van der Waals surface area contributed by atoms with Gasteiger partial charge in [0.2, 0.25) is 5.91 Å². The highest BCUT2D eigenvalue weighted by Gasteiger charge is 2.36. The van der Waals surface area contributed by atoms with E-state index in [1.807, 2.05) is 6.92 Å². The minimum absolute atomic E-state index is 0.0312. The van der Waals surface area contributed by atoms with Crippen molar-refractivity contribution in [2.45, 2.75) is 13.0 Å². The number of aromatic nitrogens is 2. The SMILES string of the molecule is Cc1cnc(NC(=O)[C@@H]2CSCN2C(=O)c2cc(-c3ccccc3F)on2)s1. The van der Waals surface area contributed by atoms with Crippen LogP contribution in [-0.2, 0) is 4.79 Å². The van der Waals surface area contributed by atoms with Crippen molar-refractivity contribution in [1.29, 1.82) is 0 Å². The average Bonchev–Trinajstić information content (AvgIpc) is 3.42. The van der Waals surface area contributed by atoms with Gasteiger partial charge in [0, 0.05) is 22.9 Å². The fourth-order valence-electron chi connectivity index (χ4n) is 2.77. The Morgan fingerprint density at radius 3 is 2.93 bits per heavy atom. The molecule has 0 radical (unpaired) electrons. The molecule has 144 valence electrons. The van der Waals surface area contributed by atoms with Crippen molar-refractivity contribution in [3.05, 3.63) is 52.9 Å². The molecule has 2 amide bonds. The minimum Gasteiger partial charge on any atom is -0.355 e. The second-order valence-corrected chi connectivity index (χ2v) is 8.35. The number of amides is 2. The normalized spacial score (nSPS) is 16.4. The number of thioether (sulfide) groups is 1. The quantitative estimate of drug-likeness (QED) is 0.699. The summed E-state index contributed by atoms with van der Waals surface area (Å²) in [6.07, 6.45) is 1.67. The molecule has 1 aliphatic heterocycles. The Hall–Kier alpha value is -2.72. The molecule has 0 aliphatic carbocycles. The molecular formula is C18H15FN4O3S2. The Bertz CT molecular complexity index is 1040. The number of carbonyl (C=O) groups is 2. The lowest BCUT2D eigenvalue weighted by atomic mass is 10.1. The predicted molar refractivity (Wildman–Crippen MR) is 105 cm³/mol. The first kappa shape index (κ1) is 18.6. The number of aryl methyl sites for hydroxylation is 1. The molecule has 4 rings (SSSR count). The summed E-state index contributed by atoms with van der Waals surface area (Å²) in [7, 11) is 0. The molecule has 1 aromatic carbocycles. The number of hydrogen-bond donors (Lipinski definition) is 1. The van der Waals surface area contributed by atoms with E-state index in [-0.39, 0.29) is 22.9 Å². The van der Waals surface area contributed by atoms with Gasteiger partial charge in [0.1, 0.15) is 11.9 Å². The van der Waals surface area contributed by atoms with Crippen molar-refractivity contribution in [3.63, 3.8) is 0 Å². The molecule has 0 bridgehead atoms. The monoisotopic (exact) mass is 418 g/mol. The van der Waals surface area contributed by atoms with Gasteiger partial charge >= 0.3 is 0 Å². The molecule has 3 aromatic rings. The maximum Gasteiger partial charge on any atom is 0.277 e. The lowest BCUT2D eigenvalue weighted by Gasteiger charge is -2.21. The smallest absolute Gasteiger partial charge is 0.277 e. The van der Waals surface area contributed by atoms with Crippen LogP contribution in [-0.4, -0.2) is 44.5 Å². The zero-order valence-electron chi connectivity index (χ0n) is 14.7. The third kappa shape index (κ3) is 3.65. The van der Waals surface area contributed by atoms with Crippen LogP contribution < -0.4 is 5.32 Å². The van der Waals surface area contributed by atoms with Crippen LogP contribution in [0.3, 0.4) is 0 Å². The van der Waals surface area contributed by atoms with Crippen molar-refractivity contribution in [3.8, 4) is 11.3 Å². The Balaban J connectivity index is 1.51. The van der Waals surface area contributed by atoms with E-state index in [9.17, 15) is 14.0 Å². The van der Waals surface area contributed by atoms with E-state index in [4.69, 9.17) is 4.52 Å². The first-order valence-corrected chi connectivity index (χ1v) is 10.3. The summed E-state index contributed by atoms with van der Waals surface area (Å²) in [5.41, 5.74) is 0.252. The summed E-state index contributed by atoms with van der Waals surface area (Å²) >= 11 is 2.84. The lowest BCUT2D eigenvalue weighted by molar-refractivity contribution is -0.119. The molecule has 1 aliphatic rings. The van der Waals surface area contributed by atoms with Crippen molar-refractivity contribution in [2.24, 2.45) is 0 Å². The molecule has 3 heterocycles. The van der Waals surface area contributed by atoms with Gasteiger partial charge in [0.25, 0.3) is 5.91 Å². The number of nitrogens with zero attached hydrogens (tertiary/aromatic N) is 3. The van der Waals surface area contributed by atoms with Gasteiger partial charge in [-0.1, -0.05) is 17.3 Å². The number of hydrogen-bond acceptors (Lipinski definition) is 7. The second-order valence-electron chi connectivity index (χ2n) is 6.11. The van der Waals surface area contributed by atoms with Crippen LogP contribution in [0, 0.1) is 12.7 Å². The maximum absolute atomic E-state index is 13.9. The zero-order valence-corrected chi connectivity index (χ0v) is 16.3. The molecule has 1 fully saturated rings. The standard InChI is InChI=1S/C18H15FN4O3S2/c1-10-7-20-18(28-10)21-16(24)14-8-27-9-23(14)17(25)13-6-15(26-22-13)11-4-2-3-5-12(11)19/h2-7,14H,8-9H2,1H3,(H,20,21,24)/t14-/m0/s1. The van der Waals surface area contributed by atoms with E-state index in [0.29, 0.717) is 16.8 Å². The minimum atomic E-state index is -0.643. The summed E-state index contributed by atoms with van der Waals surface area (Å²) in [5, 5.41) is 7.02. The summed E-state index contributed by atoms with van der Waals surface area (Å²) in [6, 6.07) is 6.83. The summed E-state index contributed by atoms with van der Waals surface area (Å²) < 4.78 is 19.1. The molecular weight excluding hydrogens is 403 g/mol. The third-order valence-electron chi connectivity index (χ3n) is 4.17. The second kappa shape index (κ2) is 7.72. The van der Waals surface area contributed by atoms with E-state index in [1.54, 1.807) is 24.4 Å². The van der Waals surface area contributed by atoms with Crippen LogP contribution in [0.4, 0.5) is 9.52 Å². The first-order valence-electron chi connectivity index (χ1n) is 8.36. The molecule has 0 spiro atoms. The average molecular weight is 418 g/mol. The molecule has 2 aromatic heterocycles. The van der Waals surface area contributed by atoms with E-state index in [0.717, 1.165) is 4.88 Å². The van der Waals surface area contributed by atoms with Crippen LogP contribution in [0.25, 0.3) is 11.3 Å². The highest BCUT2D eigenvalue weighted by molar-refractivity contribution is 7.99. The van der Waals surface area contributed by atoms with E-state index >= 15 is 0 Å². The lowest BCUT2D eigenvalue weighted by Crippen LogP contribution is -2.44. The zero-order chi connectivity index (χ0) is 19.7. The maximum atomic E-state index is 13.9. The van der Waals surface area contributed by atoms with Crippen LogP contribution in [0.1, 0.15) is 15.4 Å². The van der Waals surface area contributed by atoms with Gasteiger partial charge in [-0.2, -0.15) is 0 Å². The molecule has 0 saturated carbocycles. The van der Waals surface area contributed by atoms with E-state index in [1.165, 1.54) is 40.1 Å². The third-order valence-corrected chi connectivity index (χ3v) is 6.01. The number of rotatable bonds is 4. The van der Waals surface area contributed by atoms with Crippen molar-refractivity contribution < 1.29 is 18.5 Å². The van der Waals surface area contributed by atoms with Crippen molar-refractivity contribution >= 4 is 40.0 Å². The molecule has 1 saturated heterocycles. The van der Waals surface area contributed by atoms with Gasteiger partial charge in [-0.05, 0) is 19.1 Å². The van der Waals surface area contributed by atoms with Gasteiger partial charge in [-0.3, -0.25) is 9.59 Å². The number of thiazole rings is 1. The van der Waals surface area contributed by atoms with E-state index < -0.39 is 17.8 Å². The predicted octanol–water partition coefficient (Wildman–Crippen LogP) is 3.40. The summed E-state index contributed by atoms with van der Waals surface area (Å²) in [4.78, 5) is 32.0. The molecule has 28 heavy (non-hydrogen) atoms. The molecule has 1 atom stereocenters. The Morgan fingerprint density at radius 2 is 2.18 bits per heavy atom. The van der Waals surface area contributed by atoms with Crippen LogP contribution >= 0.6 is 23.1 Å². The largest absolute Gasteiger partial charge is 0.355 e. The van der Waals surface area contributed by atoms with Crippen LogP contribution in [0.2, 0.25) is 0 Å². The fourth-order valence-corrected chi connectivity index (χ4v) is 4.59. The number of nitrogens with one attached hydrogen (secondary N) is 1. The van der Waals surface area contributed by atoms with Gasteiger partial charge in [0.15, 0.2) is 16.6 Å². The summed E-state index contributed by atoms with van der Waals surface area (Å²) in [5.74, 6) is -0.217. The molecule has 10 heteroatoms. The fraction of sp³-hybridized carbons (Fsp3) is 0.222. The highest BCUT2D eigenvalue weighted by atomic mass is 32.2. The Kier molecular flexibility index (Phi) is 5.14. The van der Waals surface area contributed by atoms with Crippen LogP contribution in [0.5, 0.6) is 0 Å². The number of carbonyl (C=O) groups excluding carboxylic acids is 2. The van der Waals surface area contributed by atoms with Gasteiger partial charge < -0.3 is 14.7 Å². The van der Waals surface area contributed by atoms with Crippen LogP contribution in [0.15, 0.2) is 41.1 Å². The highest BCUT2D eigenvalue weighted by Crippen LogP contribution is 2.27. The van der Waals surface area contributed by atoms with Gasteiger partial charge in [0.05, 0.1) is 11.4 Å². The molecule has 7 nitrogen and oxygen atoms in total. The first-order chi connectivity index (χ1) is 13.5. The van der Waals surface area contributed by atoms with Gasteiger partial charge in [-0.15, -0.1) is 23.1 Å². The summed E-state index contributed by atoms with van der Waals surface area (Å²) in [6.45, 7) is 1.90. The number of benzene rings is 1. The van der Waals surface area contributed by atoms with Crippen molar-refractivity contribution in [2.75, 3.05) is 16.9 Å².